The van der Waals surface area contributed by atoms with Crippen LogP contribution in [0.2, 0.25) is 0 Å². The number of nitrogens with two attached hydrogens (primary N) is 1. The second-order valence-electron chi connectivity index (χ2n) is 6.20. The number of aliphatic hydroxyl groups is 1. The minimum atomic E-state index is -0.629. The molecule has 0 atom stereocenters. The van der Waals surface area contributed by atoms with Crippen molar-refractivity contribution >= 4 is 11.6 Å². The number of hydrogen-bond donors (Lipinski definition) is 2. The van der Waals surface area contributed by atoms with E-state index >= 15 is 0 Å². The molecule has 2 fully saturated rings. The normalized spacial score (nSPS) is 21.6. The van der Waals surface area contributed by atoms with Gasteiger partial charge in [0.2, 0.25) is 0 Å². The van der Waals surface area contributed by atoms with Gasteiger partial charge in [0.15, 0.2) is 0 Å². The quantitative estimate of drug-likeness (QED) is 0.862. The molecule has 3 N–H and O–H groups in total. The summed E-state index contributed by atoms with van der Waals surface area (Å²) in [5, 5.41) is 10.3. The van der Waals surface area contributed by atoms with Gasteiger partial charge in [-0.1, -0.05) is 0 Å². The number of aromatic nitrogens is 1. The van der Waals surface area contributed by atoms with Crippen LogP contribution in [0.1, 0.15) is 43.2 Å². The Morgan fingerprint density at radius 1 is 1.47 bits per heavy atom. The van der Waals surface area contributed by atoms with Crippen LogP contribution in [0.4, 0.5) is 5.69 Å². The van der Waals surface area contributed by atoms with E-state index in [2.05, 4.69) is 0 Å². The minimum Gasteiger partial charge on any atom is -0.397 e. The number of hydrogen-bond acceptors (Lipinski definition) is 3. The topological polar surface area (TPSA) is 71.5 Å². The monoisotopic (exact) mass is 263 g/mol. The third-order valence-electron chi connectivity index (χ3n) is 4.20. The third kappa shape index (κ3) is 2.02. The van der Waals surface area contributed by atoms with E-state index in [1.54, 1.807) is 17.2 Å². The molecule has 0 spiro atoms. The molecule has 104 valence electrons. The van der Waals surface area contributed by atoms with E-state index in [0.717, 1.165) is 12.8 Å². The second-order valence-corrected chi connectivity index (χ2v) is 6.20. The van der Waals surface area contributed by atoms with Crippen LogP contribution in [0.3, 0.4) is 0 Å². The molecule has 1 saturated heterocycles. The average Bonchev–Trinajstić information content (AvgIpc) is 3.07. The third-order valence-corrected chi connectivity index (χ3v) is 4.20. The number of likely N-dealkylation sites (tertiary alicyclic amines) is 1. The summed E-state index contributed by atoms with van der Waals surface area (Å²) in [6.45, 7) is 4.96. The standard InChI is InChI=1S/C14H21N3O2/c1-9(2)17-6-11(15)5-12(17)13(18)16-7-14(19,8-16)10-3-4-10/h5-6,9-10,19H,3-4,7-8,15H2,1-2H3. The number of amides is 1. The molecule has 0 radical (unpaired) electrons. The molecule has 0 unspecified atom stereocenters. The molecule has 3 rings (SSSR count). The number of anilines is 1. The van der Waals surface area contributed by atoms with E-state index in [1.165, 1.54) is 0 Å². The first-order valence-electron chi connectivity index (χ1n) is 6.90. The van der Waals surface area contributed by atoms with Crippen molar-refractivity contribution in [1.29, 1.82) is 0 Å². The first kappa shape index (κ1) is 12.5. The van der Waals surface area contributed by atoms with Crippen molar-refractivity contribution in [2.45, 2.75) is 38.3 Å². The summed E-state index contributed by atoms with van der Waals surface area (Å²) in [5.41, 5.74) is 6.38. The highest BCUT2D eigenvalue weighted by Gasteiger charge is 2.53. The van der Waals surface area contributed by atoms with Gasteiger partial charge in [-0.3, -0.25) is 4.79 Å². The van der Waals surface area contributed by atoms with E-state index in [4.69, 9.17) is 5.73 Å². The lowest BCUT2D eigenvalue weighted by molar-refractivity contribution is -0.0960. The predicted molar refractivity (Wildman–Crippen MR) is 72.8 cm³/mol. The van der Waals surface area contributed by atoms with Crippen molar-refractivity contribution in [3.05, 3.63) is 18.0 Å². The van der Waals surface area contributed by atoms with E-state index in [9.17, 15) is 9.90 Å². The fourth-order valence-electron chi connectivity index (χ4n) is 2.90. The zero-order valence-electron chi connectivity index (χ0n) is 11.5. The van der Waals surface area contributed by atoms with Crippen molar-refractivity contribution in [3.63, 3.8) is 0 Å². The van der Waals surface area contributed by atoms with Gasteiger partial charge in [-0.2, -0.15) is 0 Å². The van der Waals surface area contributed by atoms with Crippen LogP contribution >= 0.6 is 0 Å². The molecule has 1 aromatic heterocycles. The molecule has 1 aliphatic carbocycles. The zero-order valence-corrected chi connectivity index (χ0v) is 11.5. The van der Waals surface area contributed by atoms with Gasteiger partial charge in [0.25, 0.3) is 5.91 Å². The van der Waals surface area contributed by atoms with E-state index in [1.807, 2.05) is 18.4 Å². The largest absolute Gasteiger partial charge is 0.397 e. The highest BCUT2D eigenvalue weighted by atomic mass is 16.3. The summed E-state index contributed by atoms with van der Waals surface area (Å²) in [4.78, 5) is 14.1. The lowest BCUT2D eigenvalue weighted by atomic mass is 9.88. The van der Waals surface area contributed by atoms with Gasteiger partial charge >= 0.3 is 0 Å². The van der Waals surface area contributed by atoms with Crippen LogP contribution in [0, 0.1) is 5.92 Å². The smallest absolute Gasteiger partial charge is 0.270 e. The first-order valence-corrected chi connectivity index (χ1v) is 6.90. The summed E-state index contributed by atoms with van der Waals surface area (Å²) in [6, 6.07) is 1.91. The summed E-state index contributed by atoms with van der Waals surface area (Å²) in [6.07, 6.45) is 3.98. The van der Waals surface area contributed by atoms with Gasteiger partial charge in [0, 0.05) is 12.2 Å². The number of β-amino-alcohol motifs (C(OH)–C–C–N with tert-alkyl or cyclic N) is 1. The van der Waals surface area contributed by atoms with Crippen molar-refractivity contribution in [2.24, 2.45) is 5.92 Å². The number of nitrogen functional groups attached to an aromatic ring is 1. The summed E-state index contributed by atoms with van der Waals surface area (Å²) in [7, 11) is 0. The maximum absolute atomic E-state index is 12.4. The molecule has 5 heteroatoms. The molecule has 1 aliphatic heterocycles. The molecule has 2 aliphatic rings. The molecule has 1 amide bonds. The van der Waals surface area contributed by atoms with Crippen molar-refractivity contribution < 1.29 is 9.90 Å². The van der Waals surface area contributed by atoms with Crippen molar-refractivity contribution in [3.8, 4) is 0 Å². The summed E-state index contributed by atoms with van der Waals surface area (Å²) in [5.74, 6) is 0.370. The maximum atomic E-state index is 12.4. The Bertz CT molecular complexity index is 511. The maximum Gasteiger partial charge on any atom is 0.270 e. The van der Waals surface area contributed by atoms with Crippen LogP contribution < -0.4 is 5.73 Å². The number of carbonyl (C=O) groups is 1. The van der Waals surface area contributed by atoms with E-state index in [-0.39, 0.29) is 11.9 Å². The van der Waals surface area contributed by atoms with Gasteiger partial charge in [-0.25, -0.2) is 0 Å². The molecule has 0 aromatic carbocycles. The van der Waals surface area contributed by atoms with Gasteiger partial charge in [-0.05, 0) is 38.7 Å². The lowest BCUT2D eigenvalue weighted by Gasteiger charge is -2.47. The van der Waals surface area contributed by atoms with Crippen LogP contribution in [-0.2, 0) is 0 Å². The molecule has 19 heavy (non-hydrogen) atoms. The van der Waals surface area contributed by atoms with Gasteiger partial charge in [0.1, 0.15) is 11.3 Å². The highest BCUT2D eigenvalue weighted by Crippen LogP contribution is 2.44. The van der Waals surface area contributed by atoms with Crippen molar-refractivity contribution in [2.75, 3.05) is 18.8 Å². The van der Waals surface area contributed by atoms with Crippen LogP contribution in [-0.4, -0.2) is 39.2 Å². The Balaban J connectivity index is 1.75. The SMILES string of the molecule is CC(C)n1cc(N)cc1C(=O)N1CC(O)(C2CC2)C1. The molecule has 1 saturated carbocycles. The van der Waals surface area contributed by atoms with Crippen LogP contribution in [0.5, 0.6) is 0 Å². The minimum absolute atomic E-state index is 0.0317. The Morgan fingerprint density at radius 2 is 2.11 bits per heavy atom. The fourth-order valence-corrected chi connectivity index (χ4v) is 2.90. The molecule has 0 bridgehead atoms. The molecule has 1 aromatic rings. The Morgan fingerprint density at radius 3 is 2.63 bits per heavy atom. The van der Waals surface area contributed by atoms with Gasteiger partial charge in [0.05, 0.1) is 18.8 Å². The van der Waals surface area contributed by atoms with Crippen molar-refractivity contribution in [1.82, 2.24) is 9.47 Å². The summed E-state index contributed by atoms with van der Waals surface area (Å²) < 4.78 is 1.90. The van der Waals surface area contributed by atoms with E-state index < -0.39 is 5.60 Å². The van der Waals surface area contributed by atoms with E-state index in [0.29, 0.717) is 30.4 Å². The number of nitrogens with zero attached hydrogens (tertiary/aromatic N) is 2. The van der Waals surface area contributed by atoms with Gasteiger partial charge in [-0.15, -0.1) is 0 Å². The molecule has 2 heterocycles. The Kier molecular flexibility index (Phi) is 2.64. The molecular weight excluding hydrogens is 242 g/mol. The van der Waals surface area contributed by atoms with Crippen LogP contribution in [0.25, 0.3) is 0 Å². The molecular formula is C14H21N3O2. The molecule has 5 nitrogen and oxygen atoms in total. The Hall–Kier alpha value is -1.49. The second kappa shape index (κ2) is 4.00. The fraction of sp³-hybridized carbons (Fsp3) is 0.643. The average molecular weight is 263 g/mol. The lowest BCUT2D eigenvalue weighted by Crippen LogP contribution is -2.64. The summed E-state index contributed by atoms with van der Waals surface area (Å²) >= 11 is 0. The zero-order chi connectivity index (χ0) is 13.8. The predicted octanol–water partition coefficient (Wildman–Crippen LogP) is 1.25. The highest BCUT2D eigenvalue weighted by molar-refractivity contribution is 5.94. The number of carbonyl (C=O) groups excluding carboxylic acids is 1. The first-order chi connectivity index (χ1) is 8.90. The Labute approximate surface area is 113 Å². The van der Waals surface area contributed by atoms with Crippen LogP contribution in [0.15, 0.2) is 12.3 Å². The number of rotatable bonds is 3. The van der Waals surface area contributed by atoms with Gasteiger partial charge < -0.3 is 20.3 Å².